The molecule has 1 radical (unpaired) electrons. The molecule has 0 bridgehead atoms. The first-order chi connectivity index (χ1) is 8.09. The highest BCUT2D eigenvalue weighted by Crippen LogP contribution is 2.29. The summed E-state index contributed by atoms with van der Waals surface area (Å²) in [5.41, 5.74) is -1.36. The minimum Gasteiger partial charge on any atom is -0.166 e. The number of halogens is 6. The van der Waals surface area contributed by atoms with E-state index >= 15 is 0 Å². The van der Waals surface area contributed by atoms with E-state index < -0.39 is 23.5 Å². The van der Waals surface area contributed by atoms with Crippen LogP contribution in [0.4, 0.5) is 26.3 Å². The van der Waals surface area contributed by atoms with Crippen LogP contribution in [0.1, 0.15) is 11.1 Å². The maximum Gasteiger partial charge on any atom is 0.458 e. The van der Waals surface area contributed by atoms with Gasteiger partial charge in [-0.2, -0.15) is 26.3 Å². The van der Waals surface area contributed by atoms with Crippen LogP contribution >= 0.6 is 0 Å². The summed E-state index contributed by atoms with van der Waals surface area (Å²) in [4.78, 5) is 0. The maximum absolute atomic E-state index is 12.2. The van der Waals surface area contributed by atoms with E-state index in [1.807, 2.05) is 0 Å². The molecule has 0 saturated carbocycles. The Kier molecular flexibility index (Phi) is 3.75. The first-order valence-electron chi connectivity index (χ1n) is 4.49. The molecule has 0 unspecified atom stereocenters. The van der Waals surface area contributed by atoms with Gasteiger partial charge in [0.05, 0.1) is 5.56 Å². The summed E-state index contributed by atoms with van der Waals surface area (Å²) in [5, 5.41) is 0. The first-order valence-corrected chi connectivity index (χ1v) is 4.49. The Morgan fingerprint density at radius 2 is 1.44 bits per heavy atom. The first kappa shape index (κ1) is 14.2. The summed E-state index contributed by atoms with van der Waals surface area (Å²) < 4.78 is 71.9. The lowest BCUT2D eigenvalue weighted by molar-refractivity contribution is -0.137. The van der Waals surface area contributed by atoms with Crippen molar-refractivity contribution in [3.63, 3.8) is 0 Å². The third kappa shape index (κ3) is 4.17. The van der Waals surface area contributed by atoms with Crippen molar-refractivity contribution in [2.24, 2.45) is 0 Å². The fraction of sp³-hybridized carbons (Fsp3) is 0.167. The van der Waals surface area contributed by atoms with Gasteiger partial charge in [-0.3, -0.25) is 0 Å². The molecule has 0 N–H and O–H groups in total. The summed E-state index contributed by atoms with van der Waals surface area (Å²) in [7, 11) is 0. The van der Waals surface area contributed by atoms with Gasteiger partial charge in [0, 0.05) is 11.5 Å². The lowest BCUT2D eigenvalue weighted by Crippen LogP contribution is -2.04. The van der Waals surface area contributed by atoms with Crippen LogP contribution in [0.2, 0.25) is 0 Å². The van der Waals surface area contributed by atoms with Crippen molar-refractivity contribution in [1.82, 2.24) is 0 Å². The predicted octanol–water partition coefficient (Wildman–Crippen LogP) is 4.09. The lowest BCUT2D eigenvalue weighted by atomic mass is 10.1. The van der Waals surface area contributed by atoms with Gasteiger partial charge in [-0.1, -0.05) is 18.1 Å². The van der Waals surface area contributed by atoms with Crippen LogP contribution in [0.15, 0.2) is 24.3 Å². The zero-order chi connectivity index (χ0) is 14.0. The molecular weight excluding hydrogens is 258 g/mol. The Hall–Kier alpha value is -1.90. The maximum atomic E-state index is 12.2. The van der Waals surface area contributed by atoms with Gasteiger partial charge in [-0.25, -0.2) is 0 Å². The average Bonchev–Trinajstić information content (AvgIpc) is 2.24. The monoisotopic (exact) mass is 263 g/mol. The molecule has 0 aromatic heterocycles. The Morgan fingerprint density at radius 3 is 1.83 bits per heavy atom. The third-order valence-corrected chi connectivity index (χ3v) is 1.86. The highest BCUT2D eigenvalue weighted by Gasteiger charge is 2.30. The third-order valence-electron chi connectivity index (χ3n) is 1.86. The van der Waals surface area contributed by atoms with E-state index in [1.165, 1.54) is 0 Å². The Balaban J connectivity index is 2.92. The predicted molar refractivity (Wildman–Crippen MR) is 53.0 cm³/mol. The highest BCUT2D eigenvalue weighted by atomic mass is 19.4. The van der Waals surface area contributed by atoms with Crippen LogP contribution in [-0.4, -0.2) is 6.18 Å². The summed E-state index contributed by atoms with van der Waals surface area (Å²) in [5.74, 6) is 2.57. The van der Waals surface area contributed by atoms with E-state index in [0.717, 1.165) is 30.2 Å². The van der Waals surface area contributed by atoms with Crippen molar-refractivity contribution in [1.29, 1.82) is 0 Å². The molecule has 0 aliphatic rings. The lowest BCUT2D eigenvalue weighted by Gasteiger charge is -2.06. The summed E-state index contributed by atoms with van der Waals surface area (Å²) in [6, 6.07) is 3.36. The molecular formula is C12H5F6. The summed E-state index contributed by atoms with van der Waals surface area (Å²) in [6.45, 7) is 5.22. The van der Waals surface area contributed by atoms with E-state index in [2.05, 4.69) is 0 Å². The fourth-order valence-corrected chi connectivity index (χ4v) is 1.05. The molecule has 0 heterocycles. The van der Waals surface area contributed by atoms with E-state index in [9.17, 15) is 26.3 Å². The van der Waals surface area contributed by atoms with Crippen LogP contribution in [0.25, 0.3) is 5.57 Å². The molecule has 0 aliphatic carbocycles. The van der Waals surface area contributed by atoms with Crippen LogP contribution in [0.5, 0.6) is 0 Å². The Morgan fingerprint density at radius 1 is 0.944 bits per heavy atom. The van der Waals surface area contributed by atoms with Crippen molar-refractivity contribution in [2.75, 3.05) is 0 Å². The van der Waals surface area contributed by atoms with Crippen molar-refractivity contribution >= 4 is 5.57 Å². The van der Waals surface area contributed by atoms with Gasteiger partial charge in [0.2, 0.25) is 0 Å². The van der Waals surface area contributed by atoms with Gasteiger partial charge in [-0.15, -0.1) is 0 Å². The smallest absolute Gasteiger partial charge is 0.166 e. The summed E-state index contributed by atoms with van der Waals surface area (Å²) >= 11 is 0. The number of hydrogen-bond acceptors (Lipinski definition) is 0. The number of hydrogen-bond donors (Lipinski definition) is 0. The van der Waals surface area contributed by atoms with Crippen LogP contribution < -0.4 is 0 Å². The van der Waals surface area contributed by atoms with Crippen molar-refractivity contribution in [3.8, 4) is 11.8 Å². The van der Waals surface area contributed by atoms with Gasteiger partial charge >= 0.3 is 12.4 Å². The molecule has 18 heavy (non-hydrogen) atoms. The Labute approximate surface area is 98.9 Å². The van der Waals surface area contributed by atoms with Crippen LogP contribution in [0.3, 0.4) is 0 Å². The molecule has 1 rings (SSSR count). The van der Waals surface area contributed by atoms with Gasteiger partial charge in [-0.05, 0) is 24.3 Å². The molecule has 95 valence electrons. The standard InChI is InChI=1S/C12H5F6/c1-8(6-7-11(13,14)15)9-2-4-10(5-3-9)12(16,17)18/h1-5H. The van der Waals surface area contributed by atoms with Gasteiger partial charge in [0.1, 0.15) is 0 Å². The molecule has 1 aromatic carbocycles. The van der Waals surface area contributed by atoms with Crippen LogP contribution in [-0.2, 0) is 6.18 Å². The van der Waals surface area contributed by atoms with Crippen molar-refractivity contribution < 1.29 is 26.3 Å². The molecule has 0 amide bonds. The SMILES string of the molecule is [CH]=C(C#CC(F)(F)F)c1ccc(C(F)(F)F)cc1. The molecule has 0 spiro atoms. The summed E-state index contributed by atoms with van der Waals surface area (Å²) in [6.07, 6.45) is -9.21. The largest absolute Gasteiger partial charge is 0.458 e. The number of benzene rings is 1. The molecule has 0 atom stereocenters. The minimum atomic E-state index is -4.70. The zero-order valence-electron chi connectivity index (χ0n) is 8.65. The molecule has 0 nitrogen and oxygen atoms in total. The second kappa shape index (κ2) is 4.77. The normalized spacial score (nSPS) is 11.7. The van der Waals surface area contributed by atoms with Crippen molar-refractivity contribution in [3.05, 3.63) is 42.0 Å². The molecule has 0 fully saturated rings. The minimum absolute atomic E-state index is 0.000231. The number of allylic oxidation sites excluding steroid dienone is 1. The van der Waals surface area contributed by atoms with Crippen molar-refractivity contribution in [2.45, 2.75) is 12.4 Å². The van der Waals surface area contributed by atoms with E-state index in [-0.39, 0.29) is 5.56 Å². The van der Waals surface area contributed by atoms with E-state index in [4.69, 9.17) is 6.58 Å². The zero-order valence-corrected chi connectivity index (χ0v) is 8.65. The molecule has 6 heteroatoms. The Bertz CT molecular complexity index is 493. The molecule has 0 aliphatic heterocycles. The quantitative estimate of drug-likeness (QED) is 0.529. The molecule has 0 saturated heterocycles. The van der Waals surface area contributed by atoms with E-state index in [0.29, 0.717) is 0 Å². The highest BCUT2D eigenvalue weighted by molar-refractivity contribution is 5.76. The van der Waals surface area contributed by atoms with Gasteiger partial charge < -0.3 is 0 Å². The second-order valence-electron chi connectivity index (χ2n) is 3.24. The number of rotatable bonds is 1. The molecule has 1 aromatic rings. The van der Waals surface area contributed by atoms with Gasteiger partial charge in [0.15, 0.2) is 0 Å². The van der Waals surface area contributed by atoms with Gasteiger partial charge in [0.25, 0.3) is 0 Å². The average molecular weight is 263 g/mol. The second-order valence-corrected chi connectivity index (χ2v) is 3.24. The topological polar surface area (TPSA) is 0 Å². The van der Waals surface area contributed by atoms with Crippen LogP contribution in [0, 0.1) is 18.4 Å². The number of alkyl halides is 6. The fourth-order valence-electron chi connectivity index (χ4n) is 1.05. The van der Waals surface area contributed by atoms with E-state index in [1.54, 1.807) is 5.92 Å².